The average Bonchev–Trinajstić information content (AvgIpc) is 2.57. The summed E-state index contributed by atoms with van der Waals surface area (Å²) in [7, 11) is 0. The lowest BCUT2D eigenvalue weighted by Crippen LogP contribution is -2.11. The average molecular weight is 329 g/mol. The number of hydrogen-bond acceptors (Lipinski definition) is 6. The fourth-order valence-electron chi connectivity index (χ4n) is 2.00. The highest BCUT2D eigenvalue weighted by Crippen LogP contribution is 2.12. The molecule has 0 aliphatic carbocycles. The number of benzene rings is 1. The second-order valence-corrected chi connectivity index (χ2v) is 5.37. The predicted molar refractivity (Wildman–Crippen MR) is 90.2 cm³/mol. The fourth-order valence-corrected chi connectivity index (χ4v) is 2.00. The van der Waals surface area contributed by atoms with Crippen LogP contribution in [0.2, 0.25) is 0 Å². The molecule has 24 heavy (non-hydrogen) atoms. The first-order valence-electron chi connectivity index (χ1n) is 7.56. The van der Waals surface area contributed by atoms with Gasteiger partial charge in [-0.05, 0) is 49.6 Å². The number of anilines is 1. The number of hydrogen-bond donors (Lipinski definition) is 1. The second kappa shape index (κ2) is 8.05. The first-order chi connectivity index (χ1) is 11.5. The molecule has 0 saturated carbocycles. The Morgan fingerprint density at radius 3 is 2.67 bits per heavy atom. The van der Waals surface area contributed by atoms with Crippen LogP contribution in [0.4, 0.5) is 11.5 Å². The van der Waals surface area contributed by atoms with Crippen LogP contribution in [-0.4, -0.2) is 29.0 Å². The summed E-state index contributed by atoms with van der Waals surface area (Å²) in [6.07, 6.45) is 1.80. The molecule has 0 aliphatic heterocycles. The highest BCUT2D eigenvalue weighted by molar-refractivity contribution is 5.89. The van der Waals surface area contributed by atoms with Crippen molar-refractivity contribution in [3.8, 4) is 0 Å². The van der Waals surface area contributed by atoms with E-state index in [1.54, 1.807) is 12.1 Å². The third kappa shape index (κ3) is 4.77. The van der Waals surface area contributed by atoms with Crippen molar-refractivity contribution in [1.29, 1.82) is 0 Å². The van der Waals surface area contributed by atoms with Crippen molar-refractivity contribution in [2.45, 2.75) is 20.3 Å². The Bertz CT molecular complexity index is 729. The molecule has 2 rings (SSSR count). The van der Waals surface area contributed by atoms with Crippen molar-refractivity contribution in [3.05, 3.63) is 63.3 Å². The number of pyridine rings is 1. The molecule has 126 valence electrons. The molecule has 0 bridgehead atoms. The minimum atomic E-state index is -0.497. The van der Waals surface area contributed by atoms with Gasteiger partial charge < -0.3 is 10.1 Å². The van der Waals surface area contributed by atoms with Crippen LogP contribution in [0.1, 0.15) is 27.9 Å². The van der Waals surface area contributed by atoms with Gasteiger partial charge in [-0.15, -0.1) is 0 Å². The molecule has 1 aromatic heterocycles. The van der Waals surface area contributed by atoms with Crippen molar-refractivity contribution in [1.82, 2.24) is 4.98 Å². The molecule has 2 aromatic rings. The lowest BCUT2D eigenvalue weighted by Gasteiger charge is -2.08. The quantitative estimate of drug-likeness (QED) is 0.362. The van der Waals surface area contributed by atoms with Crippen LogP contribution in [0.25, 0.3) is 0 Å². The maximum absolute atomic E-state index is 11.9. The van der Waals surface area contributed by atoms with Crippen molar-refractivity contribution >= 4 is 17.5 Å². The van der Waals surface area contributed by atoms with Gasteiger partial charge in [-0.1, -0.05) is 6.07 Å². The van der Waals surface area contributed by atoms with Crippen molar-refractivity contribution < 1.29 is 14.5 Å². The van der Waals surface area contributed by atoms with Gasteiger partial charge >= 0.3 is 5.97 Å². The Hall–Kier alpha value is -2.96. The van der Waals surface area contributed by atoms with Crippen LogP contribution in [0, 0.1) is 24.0 Å². The molecule has 0 amide bonds. The number of ether oxygens (including phenoxy) is 1. The van der Waals surface area contributed by atoms with Crippen LogP contribution in [0.3, 0.4) is 0 Å². The van der Waals surface area contributed by atoms with Gasteiger partial charge in [0, 0.05) is 12.6 Å². The molecule has 7 heteroatoms. The summed E-state index contributed by atoms with van der Waals surface area (Å²) in [5.41, 5.74) is 2.67. The molecule has 1 N–H and O–H groups in total. The first kappa shape index (κ1) is 17.4. The van der Waals surface area contributed by atoms with Crippen LogP contribution < -0.4 is 5.32 Å². The van der Waals surface area contributed by atoms with Crippen LogP contribution in [0.15, 0.2) is 36.5 Å². The number of carbonyl (C=O) groups excluding carboxylic acids is 1. The Balaban J connectivity index is 1.71. The lowest BCUT2D eigenvalue weighted by molar-refractivity contribution is -0.385. The van der Waals surface area contributed by atoms with E-state index in [9.17, 15) is 14.9 Å². The monoisotopic (exact) mass is 329 g/mol. The maximum Gasteiger partial charge on any atom is 0.338 e. The van der Waals surface area contributed by atoms with E-state index in [0.29, 0.717) is 24.3 Å². The first-order valence-corrected chi connectivity index (χ1v) is 7.56. The molecule has 1 aromatic carbocycles. The minimum absolute atomic E-state index is 0.0529. The minimum Gasteiger partial charge on any atom is -0.462 e. The Morgan fingerprint density at radius 2 is 2.04 bits per heavy atom. The van der Waals surface area contributed by atoms with E-state index < -0.39 is 4.92 Å². The Morgan fingerprint density at radius 1 is 1.25 bits per heavy atom. The van der Waals surface area contributed by atoms with E-state index in [1.165, 1.54) is 12.3 Å². The standard InChI is InChI=1S/C17H19N3O4/c1-12-4-5-14(10-13(12)2)17(21)24-9-3-8-18-16-7-6-15(11-19-16)20(22)23/h4-7,10-11H,3,8-9H2,1-2H3,(H,18,19). The third-order valence-electron chi connectivity index (χ3n) is 3.56. The van der Waals surface area contributed by atoms with Gasteiger partial charge in [0.15, 0.2) is 0 Å². The van der Waals surface area contributed by atoms with E-state index in [2.05, 4.69) is 10.3 Å². The Labute approximate surface area is 139 Å². The van der Waals surface area contributed by atoms with Gasteiger partial charge in [-0.3, -0.25) is 10.1 Å². The SMILES string of the molecule is Cc1ccc(C(=O)OCCCNc2ccc([N+](=O)[O-])cn2)cc1C. The summed E-state index contributed by atoms with van der Waals surface area (Å²) in [6.45, 7) is 4.77. The largest absolute Gasteiger partial charge is 0.462 e. The number of aromatic nitrogens is 1. The van der Waals surface area contributed by atoms with Gasteiger partial charge in [0.25, 0.3) is 5.69 Å². The molecule has 0 spiro atoms. The zero-order chi connectivity index (χ0) is 17.5. The normalized spacial score (nSPS) is 10.2. The predicted octanol–water partition coefficient (Wildman–Crippen LogP) is 3.27. The zero-order valence-electron chi connectivity index (χ0n) is 13.6. The summed E-state index contributed by atoms with van der Waals surface area (Å²) in [6, 6.07) is 8.39. The number of nitrogens with zero attached hydrogens (tertiary/aromatic N) is 2. The highest BCUT2D eigenvalue weighted by Gasteiger charge is 2.08. The summed E-state index contributed by atoms with van der Waals surface area (Å²) < 4.78 is 5.22. The highest BCUT2D eigenvalue weighted by atomic mass is 16.6. The van der Waals surface area contributed by atoms with Crippen LogP contribution in [0.5, 0.6) is 0 Å². The zero-order valence-corrected chi connectivity index (χ0v) is 13.6. The molecule has 0 atom stereocenters. The van der Waals surface area contributed by atoms with Gasteiger partial charge in [0.1, 0.15) is 12.0 Å². The van der Waals surface area contributed by atoms with Crippen molar-refractivity contribution in [2.24, 2.45) is 0 Å². The lowest BCUT2D eigenvalue weighted by atomic mass is 10.1. The molecule has 0 saturated heterocycles. The number of rotatable bonds is 7. The number of aryl methyl sites for hydroxylation is 2. The van der Waals surface area contributed by atoms with E-state index in [-0.39, 0.29) is 18.3 Å². The molecule has 0 fully saturated rings. The topological polar surface area (TPSA) is 94.4 Å². The molecule has 0 radical (unpaired) electrons. The van der Waals surface area contributed by atoms with Crippen molar-refractivity contribution in [2.75, 3.05) is 18.5 Å². The van der Waals surface area contributed by atoms with Gasteiger partial charge in [-0.2, -0.15) is 0 Å². The summed E-state index contributed by atoms with van der Waals surface area (Å²) in [5, 5.41) is 13.5. The fraction of sp³-hybridized carbons (Fsp3) is 0.294. The second-order valence-electron chi connectivity index (χ2n) is 5.37. The number of carbonyl (C=O) groups is 1. The smallest absolute Gasteiger partial charge is 0.338 e. The molecule has 1 heterocycles. The maximum atomic E-state index is 11.9. The summed E-state index contributed by atoms with van der Waals surface area (Å²) in [4.78, 5) is 25.9. The molecule has 0 aliphatic rings. The summed E-state index contributed by atoms with van der Waals surface area (Å²) >= 11 is 0. The number of esters is 1. The van der Waals surface area contributed by atoms with E-state index in [0.717, 1.165) is 11.1 Å². The van der Waals surface area contributed by atoms with E-state index in [1.807, 2.05) is 26.0 Å². The summed E-state index contributed by atoms with van der Waals surface area (Å²) in [5.74, 6) is 0.202. The van der Waals surface area contributed by atoms with Crippen molar-refractivity contribution in [3.63, 3.8) is 0 Å². The Kier molecular flexibility index (Phi) is 5.83. The van der Waals surface area contributed by atoms with Gasteiger partial charge in [-0.25, -0.2) is 9.78 Å². The number of nitrogens with one attached hydrogen (secondary N) is 1. The molecular weight excluding hydrogens is 310 g/mol. The third-order valence-corrected chi connectivity index (χ3v) is 3.56. The molecule has 7 nitrogen and oxygen atoms in total. The molecule has 0 unspecified atom stereocenters. The van der Waals surface area contributed by atoms with Gasteiger partial charge in [0.2, 0.25) is 0 Å². The number of nitro groups is 1. The van der Waals surface area contributed by atoms with E-state index >= 15 is 0 Å². The van der Waals surface area contributed by atoms with E-state index in [4.69, 9.17) is 4.74 Å². The molecular formula is C17H19N3O4. The van der Waals surface area contributed by atoms with Crippen LogP contribution >= 0.6 is 0 Å². The van der Waals surface area contributed by atoms with Gasteiger partial charge in [0.05, 0.1) is 17.1 Å². The van der Waals surface area contributed by atoms with Crippen LogP contribution in [-0.2, 0) is 4.74 Å².